The molecule has 1 heteroatoms. The molecule has 0 amide bonds. The van der Waals surface area contributed by atoms with Crippen LogP contribution in [0.5, 0.6) is 0 Å². The summed E-state index contributed by atoms with van der Waals surface area (Å²) < 4.78 is 0. The van der Waals surface area contributed by atoms with Crippen molar-refractivity contribution in [3.05, 3.63) is 89.1 Å². The maximum atomic E-state index is 4.25. The first-order chi connectivity index (χ1) is 13.6. The topological polar surface area (TPSA) is 12.0 Å². The van der Waals surface area contributed by atoms with Crippen molar-refractivity contribution in [2.24, 2.45) is 0 Å². The third-order valence-electron chi connectivity index (χ3n) is 5.87. The summed E-state index contributed by atoms with van der Waals surface area (Å²) in [6, 6.07) is 15.8. The Balaban J connectivity index is 1.30. The van der Waals surface area contributed by atoms with E-state index in [0.29, 0.717) is 0 Å². The molecule has 2 aromatic carbocycles. The van der Waals surface area contributed by atoms with Crippen molar-refractivity contribution >= 4 is 5.57 Å². The van der Waals surface area contributed by atoms with E-state index in [1.165, 1.54) is 53.6 Å². The van der Waals surface area contributed by atoms with Gasteiger partial charge in [0, 0.05) is 12.2 Å². The van der Waals surface area contributed by atoms with Gasteiger partial charge in [0.05, 0.1) is 0 Å². The Labute approximate surface area is 171 Å². The van der Waals surface area contributed by atoms with Crippen LogP contribution in [0.25, 0.3) is 5.57 Å². The summed E-state index contributed by atoms with van der Waals surface area (Å²) in [5, 5.41) is 3.52. The Bertz CT molecular complexity index is 798. The lowest BCUT2D eigenvalue weighted by Gasteiger charge is -2.17. The Morgan fingerprint density at radius 1 is 0.893 bits per heavy atom. The monoisotopic (exact) mass is 373 g/mol. The molecule has 28 heavy (non-hydrogen) atoms. The summed E-state index contributed by atoms with van der Waals surface area (Å²) in [6.07, 6.45) is 10.7. The van der Waals surface area contributed by atoms with E-state index in [4.69, 9.17) is 0 Å². The predicted molar refractivity (Wildman–Crippen MR) is 123 cm³/mol. The molecule has 0 aromatic heterocycles. The Hall–Kier alpha value is -2.28. The second-order valence-corrected chi connectivity index (χ2v) is 8.27. The first-order valence-electron chi connectivity index (χ1n) is 10.9. The van der Waals surface area contributed by atoms with Crippen LogP contribution >= 0.6 is 0 Å². The minimum absolute atomic E-state index is 0.980. The van der Waals surface area contributed by atoms with Crippen LogP contribution in [0.3, 0.4) is 0 Å². The van der Waals surface area contributed by atoms with Gasteiger partial charge in [-0.2, -0.15) is 0 Å². The van der Waals surface area contributed by atoms with Gasteiger partial charge in [0.15, 0.2) is 0 Å². The first-order valence-corrected chi connectivity index (χ1v) is 10.9. The number of fused-ring (bicyclic) bond motifs is 1. The number of hydrogen-bond acceptors (Lipinski definition) is 1. The highest BCUT2D eigenvalue weighted by Crippen LogP contribution is 2.23. The van der Waals surface area contributed by atoms with Crippen LogP contribution in [-0.4, -0.2) is 6.54 Å². The van der Waals surface area contributed by atoms with Crippen molar-refractivity contribution in [2.75, 3.05) is 6.54 Å². The standard InChI is InChI=1S/C27H35N/c1-21-12-15-25(16-13-21)22(2)8-4-5-9-23(3)28-19-18-24-14-17-26-10-6-7-11-27(26)20-24/h12-17,20,28H,2-11,18-19H2,1H3. The third kappa shape index (κ3) is 6.12. The van der Waals surface area contributed by atoms with Gasteiger partial charge in [-0.15, -0.1) is 0 Å². The van der Waals surface area contributed by atoms with E-state index in [1.54, 1.807) is 11.1 Å². The summed E-state index contributed by atoms with van der Waals surface area (Å²) >= 11 is 0. The lowest BCUT2D eigenvalue weighted by Crippen LogP contribution is -2.16. The van der Waals surface area contributed by atoms with Crippen molar-refractivity contribution in [2.45, 2.75) is 64.7 Å². The largest absolute Gasteiger partial charge is 0.388 e. The fraction of sp³-hybridized carbons (Fsp3) is 0.407. The zero-order valence-corrected chi connectivity index (χ0v) is 17.5. The van der Waals surface area contributed by atoms with Crippen molar-refractivity contribution in [1.82, 2.24) is 5.32 Å². The van der Waals surface area contributed by atoms with Gasteiger partial charge in [0.1, 0.15) is 0 Å². The molecule has 0 atom stereocenters. The fourth-order valence-corrected chi connectivity index (χ4v) is 4.02. The van der Waals surface area contributed by atoms with Gasteiger partial charge in [-0.25, -0.2) is 0 Å². The van der Waals surface area contributed by atoms with Gasteiger partial charge in [-0.1, -0.05) is 61.2 Å². The number of allylic oxidation sites excluding steroid dienone is 2. The number of nitrogens with one attached hydrogen (secondary N) is 1. The van der Waals surface area contributed by atoms with Crippen LogP contribution in [0.4, 0.5) is 0 Å². The van der Waals surface area contributed by atoms with Crippen LogP contribution in [0.1, 0.15) is 66.3 Å². The van der Waals surface area contributed by atoms with E-state index in [9.17, 15) is 0 Å². The molecule has 148 valence electrons. The molecular formula is C27H35N. The van der Waals surface area contributed by atoms with Crippen molar-refractivity contribution in [3.63, 3.8) is 0 Å². The zero-order chi connectivity index (χ0) is 19.8. The minimum Gasteiger partial charge on any atom is -0.388 e. The molecule has 0 saturated carbocycles. The van der Waals surface area contributed by atoms with E-state index in [-0.39, 0.29) is 0 Å². The van der Waals surface area contributed by atoms with Crippen molar-refractivity contribution < 1.29 is 0 Å². The second-order valence-electron chi connectivity index (χ2n) is 8.27. The van der Waals surface area contributed by atoms with Crippen LogP contribution < -0.4 is 5.32 Å². The average molecular weight is 374 g/mol. The lowest BCUT2D eigenvalue weighted by molar-refractivity contribution is 0.676. The number of rotatable bonds is 10. The van der Waals surface area contributed by atoms with Crippen LogP contribution in [0.15, 0.2) is 61.3 Å². The second kappa shape index (κ2) is 10.3. The van der Waals surface area contributed by atoms with E-state index >= 15 is 0 Å². The quantitative estimate of drug-likeness (QED) is 0.452. The summed E-state index contributed by atoms with van der Waals surface area (Å²) in [7, 11) is 0. The minimum atomic E-state index is 0.980. The van der Waals surface area contributed by atoms with Gasteiger partial charge >= 0.3 is 0 Å². The fourth-order valence-electron chi connectivity index (χ4n) is 4.02. The number of aryl methyl sites for hydroxylation is 3. The average Bonchev–Trinajstić information content (AvgIpc) is 2.71. The molecule has 0 saturated heterocycles. The first kappa shape index (κ1) is 20.5. The molecule has 0 radical (unpaired) electrons. The van der Waals surface area contributed by atoms with Gasteiger partial charge in [0.25, 0.3) is 0 Å². The summed E-state index contributed by atoms with van der Waals surface area (Å²) in [5.41, 5.74) is 9.58. The highest BCUT2D eigenvalue weighted by molar-refractivity contribution is 5.63. The molecule has 0 spiro atoms. The lowest BCUT2D eigenvalue weighted by atomic mass is 9.90. The van der Waals surface area contributed by atoms with E-state index < -0.39 is 0 Å². The van der Waals surface area contributed by atoms with E-state index in [0.717, 1.165) is 38.6 Å². The maximum Gasteiger partial charge on any atom is 0.0184 e. The molecule has 2 aromatic rings. The van der Waals surface area contributed by atoms with E-state index in [2.05, 4.69) is 67.9 Å². The molecular weight excluding hydrogens is 338 g/mol. The van der Waals surface area contributed by atoms with Gasteiger partial charge in [-0.05, 0) is 92.5 Å². The summed E-state index contributed by atoms with van der Waals surface area (Å²) in [5.74, 6) is 0. The van der Waals surface area contributed by atoms with Crippen LogP contribution in [0, 0.1) is 6.92 Å². The number of unbranched alkanes of at least 4 members (excludes halogenated alkanes) is 1. The molecule has 1 aliphatic rings. The normalized spacial score (nSPS) is 13.0. The van der Waals surface area contributed by atoms with Crippen molar-refractivity contribution in [3.8, 4) is 0 Å². The predicted octanol–water partition coefficient (Wildman–Crippen LogP) is 6.79. The smallest absolute Gasteiger partial charge is 0.0184 e. The molecule has 1 aliphatic carbocycles. The Morgan fingerprint density at radius 2 is 1.61 bits per heavy atom. The number of benzene rings is 2. The SMILES string of the molecule is C=C(CCCCC(=C)c1ccc(C)cc1)NCCc1ccc2c(c1)CCCC2. The molecule has 0 heterocycles. The Morgan fingerprint density at radius 3 is 2.39 bits per heavy atom. The molecule has 0 fully saturated rings. The molecule has 0 aliphatic heterocycles. The van der Waals surface area contributed by atoms with Gasteiger partial charge in [-0.3, -0.25) is 0 Å². The van der Waals surface area contributed by atoms with E-state index in [1.807, 2.05) is 0 Å². The van der Waals surface area contributed by atoms with Crippen LogP contribution in [0.2, 0.25) is 0 Å². The molecule has 0 bridgehead atoms. The summed E-state index contributed by atoms with van der Waals surface area (Å²) in [4.78, 5) is 0. The van der Waals surface area contributed by atoms with Gasteiger partial charge in [0.2, 0.25) is 0 Å². The maximum absolute atomic E-state index is 4.25. The molecule has 3 rings (SSSR count). The highest BCUT2D eigenvalue weighted by Gasteiger charge is 2.09. The highest BCUT2D eigenvalue weighted by atomic mass is 14.9. The number of hydrogen-bond donors (Lipinski definition) is 1. The van der Waals surface area contributed by atoms with Gasteiger partial charge < -0.3 is 5.32 Å². The third-order valence-corrected chi connectivity index (χ3v) is 5.87. The zero-order valence-electron chi connectivity index (χ0n) is 17.5. The molecule has 1 N–H and O–H groups in total. The van der Waals surface area contributed by atoms with Crippen LogP contribution in [-0.2, 0) is 19.3 Å². The van der Waals surface area contributed by atoms with Crippen molar-refractivity contribution in [1.29, 1.82) is 0 Å². The molecule has 1 nitrogen and oxygen atoms in total. The Kier molecular flexibility index (Phi) is 7.54. The molecule has 0 unspecified atom stereocenters. The summed E-state index contributed by atoms with van der Waals surface area (Å²) in [6.45, 7) is 11.6.